The van der Waals surface area contributed by atoms with Gasteiger partial charge in [-0.05, 0) is 43.4 Å². The summed E-state index contributed by atoms with van der Waals surface area (Å²) in [7, 11) is 0. The predicted molar refractivity (Wildman–Crippen MR) is 66.9 cm³/mol. The number of aliphatic hydroxyl groups is 2. The SMILES string of the molecule is CC(C)CC1CCC(CC(C)C)C(O)(O)C1. The fraction of sp³-hybridized carbons (Fsp3) is 1.00. The second-order valence-corrected chi connectivity index (χ2v) is 6.48. The van der Waals surface area contributed by atoms with E-state index >= 15 is 0 Å². The van der Waals surface area contributed by atoms with E-state index in [-0.39, 0.29) is 5.92 Å². The van der Waals surface area contributed by atoms with Crippen molar-refractivity contribution in [3.05, 3.63) is 0 Å². The smallest absolute Gasteiger partial charge is 0.165 e. The summed E-state index contributed by atoms with van der Waals surface area (Å²) < 4.78 is 0. The molecule has 2 N–H and O–H groups in total. The van der Waals surface area contributed by atoms with Gasteiger partial charge in [0.2, 0.25) is 0 Å². The quantitative estimate of drug-likeness (QED) is 0.726. The first kappa shape index (κ1) is 14.0. The molecule has 0 amide bonds. The summed E-state index contributed by atoms with van der Waals surface area (Å²) in [5.41, 5.74) is 0. The molecule has 2 heteroatoms. The molecule has 2 nitrogen and oxygen atoms in total. The van der Waals surface area contributed by atoms with E-state index in [0.717, 1.165) is 19.3 Å². The van der Waals surface area contributed by atoms with Crippen LogP contribution >= 0.6 is 0 Å². The van der Waals surface area contributed by atoms with Crippen molar-refractivity contribution in [2.45, 2.75) is 65.6 Å². The predicted octanol–water partition coefficient (Wildman–Crippen LogP) is 3.18. The summed E-state index contributed by atoms with van der Waals surface area (Å²) in [6, 6.07) is 0. The molecule has 0 radical (unpaired) electrons. The molecule has 0 spiro atoms. The summed E-state index contributed by atoms with van der Waals surface area (Å²) in [5, 5.41) is 20.2. The van der Waals surface area contributed by atoms with Gasteiger partial charge in [0.25, 0.3) is 0 Å². The molecule has 0 heterocycles. The Morgan fingerprint density at radius 2 is 1.56 bits per heavy atom. The maximum Gasteiger partial charge on any atom is 0.165 e. The lowest BCUT2D eigenvalue weighted by atomic mass is 9.72. The van der Waals surface area contributed by atoms with Crippen LogP contribution in [0.5, 0.6) is 0 Å². The van der Waals surface area contributed by atoms with Gasteiger partial charge in [-0.1, -0.05) is 27.7 Å². The van der Waals surface area contributed by atoms with Gasteiger partial charge < -0.3 is 10.2 Å². The van der Waals surface area contributed by atoms with Crippen molar-refractivity contribution in [3.8, 4) is 0 Å². The van der Waals surface area contributed by atoms with Gasteiger partial charge in [0.15, 0.2) is 5.79 Å². The maximum atomic E-state index is 10.1. The molecule has 0 aromatic rings. The molecule has 16 heavy (non-hydrogen) atoms. The first-order valence-corrected chi connectivity index (χ1v) is 6.76. The lowest BCUT2D eigenvalue weighted by Crippen LogP contribution is -2.44. The number of hydrogen-bond donors (Lipinski definition) is 2. The molecule has 2 atom stereocenters. The van der Waals surface area contributed by atoms with Gasteiger partial charge in [-0.25, -0.2) is 0 Å². The molecular weight excluding hydrogens is 200 g/mol. The summed E-state index contributed by atoms with van der Waals surface area (Å²) in [4.78, 5) is 0. The maximum absolute atomic E-state index is 10.1. The normalized spacial score (nSPS) is 30.0. The second kappa shape index (κ2) is 5.50. The van der Waals surface area contributed by atoms with E-state index in [1.165, 1.54) is 6.42 Å². The van der Waals surface area contributed by atoms with Crippen molar-refractivity contribution in [2.75, 3.05) is 0 Å². The topological polar surface area (TPSA) is 40.5 Å². The first-order chi connectivity index (χ1) is 7.31. The first-order valence-electron chi connectivity index (χ1n) is 6.76. The Balaban J connectivity index is 2.51. The Morgan fingerprint density at radius 1 is 1.00 bits per heavy atom. The van der Waals surface area contributed by atoms with E-state index in [0.29, 0.717) is 24.2 Å². The van der Waals surface area contributed by atoms with Crippen molar-refractivity contribution in [3.63, 3.8) is 0 Å². The highest BCUT2D eigenvalue weighted by molar-refractivity contribution is 4.85. The molecule has 0 aromatic heterocycles. The summed E-state index contributed by atoms with van der Waals surface area (Å²) in [6.07, 6.45) is 4.77. The van der Waals surface area contributed by atoms with Gasteiger partial charge in [0.05, 0.1) is 0 Å². The molecule has 1 aliphatic rings. The monoisotopic (exact) mass is 228 g/mol. The van der Waals surface area contributed by atoms with E-state index in [1.807, 2.05) is 0 Å². The average molecular weight is 228 g/mol. The van der Waals surface area contributed by atoms with Crippen LogP contribution in [0, 0.1) is 23.7 Å². The summed E-state index contributed by atoms with van der Waals surface area (Å²) in [6.45, 7) is 8.71. The molecule has 0 aromatic carbocycles. The van der Waals surface area contributed by atoms with Crippen molar-refractivity contribution in [1.82, 2.24) is 0 Å². The molecule has 1 aliphatic carbocycles. The van der Waals surface area contributed by atoms with Crippen molar-refractivity contribution >= 4 is 0 Å². The highest BCUT2D eigenvalue weighted by Crippen LogP contribution is 2.40. The van der Waals surface area contributed by atoms with E-state index in [9.17, 15) is 10.2 Å². The zero-order chi connectivity index (χ0) is 12.3. The second-order valence-electron chi connectivity index (χ2n) is 6.48. The third kappa shape index (κ3) is 4.06. The third-order valence-electron chi connectivity index (χ3n) is 3.73. The standard InChI is InChI=1S/C14H28O2/c1-10(2)7-12-5-6-13(8-11(3)4)14(15,16)9-12/h10-13,15-16H,5-9H2,1-4H3. The molecule has 96 valence electrons. The van der Waals surface area contributed by atoms with E-state index in [4.69, 9.17) is 0 Å². The van der Waals surface area contributed by atoms with Crippen LogP contribution in [-0.2, 0) is 0 Å². The summed E-state index contributed by atoms with van der Waals surface area (Å²) >= 11 is 0. The van der Waals surface area contributed by atoms with E-state index < -0.39 is 5.79 Å². The summed E-state index contributed by atoms with van der Waals surface area (Å²) in [5.74, 6) is 0.365. The number of rotatable bonds is 4. The molecule has 1 saturated carbocycles. The fourth-order valence-electron chi connectivity index (χ4n) is 3.11. The highest BCUT2D eigenvalue weighted by atomic mass is 16.5. The van der Waals surface area contributed by atoms with Crippen LogP contribution in [0.3, 0.4) is 0 Å². The van der Waals surface area contributed by atoms with Crippen molar-refractivity contribution in [1.29, 1.82) is 0 Å². The highest BCUT2D eigenvalue weighted by Gasteiger charge is 2.40. The van der Waals surface area contributed by atoms with Crippen LogP contribution in [0.15, 0.2) is 0 Å². The average Bonchev–Trinajstić information content (AvgIpc) is 2.07. The van der Waals surface area contributed by atoms with Crippen LogP contribution < -0.4 is 0 Å². The Labute approximate surface area is 100 Å². The Bertz CT molecular complexity index is 209. The lowest BCUT2D eigenvalue weighted by molar-refractivity contribution is -0.230. The molecule has 1 fully saturated rings. The van der Waals surface area contributed by atoms with Crippen LogP contribution in [0.1, 0.15) is 59.8 Å². The lowest BCUT2D eigenvalue weighted by Gasteiger charge is -2.41. The van der Waals surface area contributed by atoms with Crippen LogP contribution in [0.25, 0.3) is 0 Å². The van der Waals surface area contributed by atoms with Gasteiger partial charge >= 0.3 is 0 Å². The van der Waals surface area contributed by atoms with Crippen molar-refractivity contribution in [2.24, 2.45) is 23.7 Å². The minimum Gasteiger partial charge on any atom is -0.365 e. The van der Waals surface area contributed by atoms with Crippen LogP contribution in [0.2, 0.25) is 0 Å². The zero-order valence-electron chi connectivity index (χ0n) is 11.2. The van der Waals surface area contributed by atoms with Gasteiger partial charge in [-0.2, -0.15) is 0 Å². The van der Waals surface area contributed by atoms with Crippen LogP contribution in [-0.4, -0.2) is 16.0 Å². The zero-order valence-corrected chi connectivity index (χ0v) is 11.2. The molecular formula is C14H28O2. The Hall–Kier alpha value is -0.0800. The molecule has 2 unspecified atom stereocenters. The van der Waals surface area contributed by atoms with Crippen molar-refractivity contribution < 1.29 is 10.2 Å². The minimum atomic E-state index is -1.41. The number of hydrogen-bond acceptors (Lipinski definition) is 2. The molecule has 1 rings (SSSR count). The van der Waals surface area contributed by atoms with E-state index in [2.05, 4.69) is 27.7 Å². The minimum absolute atomic E-state index is 0.0795. The van der Waals surface area contributed by atoms with Gasteiger partial charge in [-0.3, -0.25) is 0 Å². The fourth-order valence-corrected chi connectivity index (χ4v) is 3.11. The Morgan fingerprint density at radius 3 is 2.00 bits per heavy atom. The van der Waals surface area contributed by atoms with Gasteiger partial charge in [0, 0.05) is 12.3 Å². The molecule has 0 saturated heterocycles. The largest absolute Gasteiger partial charge is 0.365 e. The molecule has 0 bridgehead atoms. The van der Waals surface area contributed by atoms with E-state index in [1.54, 1.807) is 0 Å². The van der Waals surface area contributed by atoms with Gasteiger partial charge in [-0.15, -0.1) is 0 Å². The Kier molecular flexibility index (Phi) is 4.81. The third-order valence-corrected chi connectivity index (χ3v) is 3.73. The molecule has 0 aliphatic heterocycles. The van der Waals surface area contributed by atoms with Gasteiger partial charge in [0.1, 0.15) is 0 Å². The van der Waals surface area contributed by atoms with Crippen LogP contribution in [0.4, 0.5) is 0 Å².